The van der Waals surface area contributed by atoms with Crippen LogP contribution in [-0.2, 0) is 0 Å². The number of ketones is 1. The Hall–Kier alpha value is -3.81. The number of alkyl halides is 2. The van der Waals surface area contributed by atoms with Gasteiger partial charge < -0.3 is 14.0 Å². The number of halogens is 2. The molecule has 0 aliphatic rings. The minimum absolute atomic E-state index is 0.0722. The summed E-state index contributed by atoms with van der Waals surface area (Å²) in [5, 5.41) is 0.731. The van der Waals surface area contributed by atoms with E-state index >= 15 is 0 Å². The van der Waals surface area contributed by atoms with Crippen LogP contribution in [0.1, 0.15) is 21.7 Å². The van der Waals surface area contributed by atoms with E-state index in [0.717, 1.165) is 28.0 Å². The molecule has 0 atom stereocenters. The number of rotatable bonds is 7. The van der Waals surface area contributed by atoms with Crippen molar-refractivity contribution in [1.82, 2.24) is 14.5 Å². The molecule has 4 rings (SSSR count). The first-order valence-corrected chi connectivity index (χ1v) is 9.54. The fraction of sp³-hybridized carbons (Fsp3) is 0.174. The summed E-state index contributed by atoms with van der Waals surface area (Å²) in [7, 11) is 0. The molecule has 0 aliphatic carbocycles. The number of aromatic nitrogens is 3. The van der Waals surface area contributed by atoms with Crippen LogP contribution in [0.5, 0.6) is 11.6 Å². The molecular weight excluding hydrogens is 404 g/mol. The van der Waals surface area contributed by atoms with Gasteiger partial charge in [0.2, 0.25) is 11.7 Å². The molecule has 6 nitrogen and oxygen atoms in total. The summed E-state index contributed by atoms with van der Waals surface area (Å²) in [5.41, 5.74) is 3.54. The van der Waals surface area contributed by atoms with Crippen LogP contribution >= 0.6 is 0 Å². The fourth-order valence-corrected chi connectivity index (χ4v) is 3.53. The van der Waals surface area contributed by atoms with E-state index in [0.29, 0.717) is 11.4 Å². The lowest BCUT2D eigenvalue weighted by molar-refractivity contribution is -0.0498. The van der Waals surface area contributed by atoms with Gasteiger partial charge in [-0.15, -0.1) is 0 Å². The van der Waals surface area contributed by atoms with Crippen molar-refractivity contribution in [3.05, 3.63) is 77.9 Å². The Labute approximate surface area is 177 Å². The van der Waals surface area contributed by atoms with Crippen molar-refractivity contribution in [3.8, 4) is 17.3 Å². The fourth-order valence-electron chi connectivity index (χ4n) is 3.53. The number of Topliss-reactive ketones (excluding diaryl/α,β-unsaturated/α-hetero) is 1. The molecule has 8 heteroatoms. The highest BCUT2D eigenvalue weighted by molar-refractivity contribution is 5.99. The lowest BCUT2D eigenvalue weighted by atomic mass is 10.1. The van der Waals surface area contributed by atoms with E-state index < -0.39 is 6.61 Å². The second kappa shape index (κ2) is 8.51. The van der Waals surface area contributed by atoms with Crippen molar-refractivity contribution in [2.45, 2.75) is 20.5 Å². The number of aryl methyl sites for hydroxylation is 1. The van der Waals surface area contributed by atoms with Crippen molar-refractivity contribution in [2.24, 2.45) is 0 Å². The van der Waals surface area contributed by atoms with Crippen LogP contribution in [0.3, 0.4) is 0 Å². The Morgan fingerprint density at radius 1 is 1.06 bits per heavy atom. The van der Waals surface area contributed by atoms with Crippen LogP contribution in [-0.4, -0.2) is 33.5 Å². The van der Waals surface area contributed by atoms with E-state index in [-0.39, 0.29) is 18.1 Å². The predicted molar refractivity (Wildman–Crippen MR) is 111 cm³/mol. The zero-order chi connectivity index (χ0) is 22.0. The maximum Gasteiger partial charge on any atom is 0.387 e. The van der Waals surface area contributed by atoms with E-state index in [9.17, 15) is 13.6 Å². The van der Waals surface area contributed by atoms with Gasteiger partial charge in [-0.3, -0.25) is 4.79 Å². The number of hydrogen-bond donors (Lipinski definition) is 0. The molecule has 158 valence electrons. The number of para-hydroxylation sites is 1. The van der Waals surface area contributed by atoms with Crippen LogP contribution in [0.15, 0.2) is 60.9 Å². The van der Waals surface area contributed by atoms with Gasteiger partial charge in [-0.1, -0.05) is 12.1 Å². The van der Waals surface area contributed by atoms with Crippen LogP contribution in [0, 0.1) is 13.8 Å². The summed E-state index contributed by atoms with van der Waals surface area (Å²) >= 11 is 0. The van der Waals surface area contributed by atoms with Crippen LogP contribution in [0.4, 0.5) is 8.78 Å². The molecular formula is C23H19F2N3O3. The van der Waals surface area contributed by atoms with Gasteiger partial charge in [0.05, 0.1) is 10.9 Å². The maximum absolute atomic E-state index is 12.9. The zero-order valence-corrected chi connectivity index (χ0v) is 16.9. The van der Waals surface area contributed by atoms with Crippen LogP contribution in [0.2, 0.25) is 0 Å². The van der Waals surface area contributed by atoms with Gasteiger partial charge in [-0.05, 0) is 56.3 Å². The summed E-state index contributed by atoms with van der Waals surface area (Å²) in [5.74, 6) is 0.227. The smallest absolute Gasteiger partial charge is 0.387 e. The molecule has 0 spiro atoms. The first-order valence-electron chi connectivity index (χ1n) is 9.54. The summed E-state index contributed by atoms with van der Waals surface area (Å²) in [6, 6.07) is 15.4. The van der Waals surface area contributed by atoms with E-state index in [4.69, 9.17) is 4.74 Å². The third-order valence-electron chi connectivity index (χ3n) is 4.90. The first kappa shape index (κ1) is 20.5. The normalized spacial score (nSPS) is 11.1. The van der Waals surface area contributed by atoms with Gasteiger partial charge in [-0.2, -0.15) is 8.78 Å². The van der Waals surface area contributed by atoms with Gasteiger partial charge in [0.15, 0.2) is 6.61 Å². The van der Waals surface area contributed by atoms with E-state index in [1.54, 1.807) is 18.2 Å². The SMILES string of the molecule is Cc1cc(C(=O)COc2ncnc3ccccc23)c(C)n1-c1ccc(OC(F)F)cc1. The Bertz CT molecular complexity index is 1230. The van der Waals surface area contributed by atoms with E-state index in [1.807, 2.05) is 42.7 Å². The molecule has 0 unspecified atom stereocenters. The second-order valence-corrected chi connectivity index (χ2v) is 6.90. The molecule has 0 saturated carbocycles. The largest absolute Gasteiger partial charge is 0.469 e. The highest BCUT2D eigenvalue weighted by Crippen LogP contribution is 2.25. The molecule has 0 amide bonds. The van der Waals surface area contributed by atoms with Gasteiger partial charge in [-0.25, -0.2) is 9.97 Å². The summed E-state index contributed by atoms with van der Waals surface area (Å²) in [6.45, 7) is 0.639. The quantitative estimate of drug-likeness (QED) is 0.396. The average molecular weight is 423 g/mol. The number of benzene rings is 2. The number of nitrogens with zero attached hydrogens (tertiary/aromatic N) is 3. The topological polar surface area (TPSA) is 66.2 Å². The maximum atomic E-state index is 12.9. The predicted octanol–water partition coefficient (Wildman–Crippen LogP) is 4.90. The highest BCUT2D eigenvalue weighted by atomic mass is 19.3. The Morgan fingerprint density at radius 3 is 2.55 bits per heavy atom. The van der Waals surface area contributed by atoms with Gasteiger partial charge in [0.1, 0.15) is 12.1 Å². The minimum Gasteiger partial charge on any atom is -0.469 e. The Kier molecular flexibility index (Phi) is 5.62. The average Bonchev–Trinajstić information content (AvgIpc) is 3.06. The van der Waals surface area contributed by atoms with Crippen molar-refractivity contribution >= 4 is 16.7 Å². The number of carbonyl (C=O) groups excluding carboxylic acids is 1. The molecule has 0 aliphatic heterocycles. The molecule has 2 aromatic carbocycles. The summed E-state index contributed by atoms with van der Waals surface area (Å²) in [4.78, 5) is 21.2. The molecule has 2 aromatic heterocycles. The van der Waals surface area contributed by atoms with Crippen LogP contribution < -0.4 is 9.47 Å². The summed E-state index contributed by atoms with van der Waals surface area (Å²) < 4.78 is 36.7. The lowest BCUT2D eigenvalue weighted by Crippen LogP contribution is -2.13. The van der Waals surface area contributed by atoms with Crippen molar-refractivity contribution in [2.75, 3.05) is 6.61 Å². The van der Waals surface area contributed by atoms with E-state index in [1.165, 1.54) is 18.5 Å². The number of ether oxygens (including phenoxy) is 2. The zero-order valence-electron chi connectivity index (χ0n) is 16.9. The number of hydrogen-bond acceptors (Lipinski definition) is 5. The molecule has 2 heterocycles. The minimum atomic E-state index is -2.88. The monoisotopic (exact) mass is 423 g/mol. The van der Waals surface area contributed by atoms with Crippen LogP contribution in [0.25, 0.3) is 16.6 Å². The highest BCUT2D eigenvalue weighted by Gasteiger charge is 2.18. The Balaban J connectivity index is 1.54. The molecule has 0 N–H and O–H groups in total. The van der Waals surface area contributed by atoms with Crippen molar-refractivity contribution < 1.29 is 23.0 Å². The molecule has 0 saturated heterocycles. The number of carbonyl (C=O) groups is 1. The molecule has 4 aromatic rings. The van der Waals surface area contributed by atoms with Crippen molar-refractivity contribution in [1.29, 1.82) is 0 Å². The molecule has 0 radical (unpaired) electrons. The van der Waals surface area contributed by atoms with Gasteiger partial charge in [0.25, 0.3) is 0 Å². The molecule has 0 fully saturated rings. The lowest BCUT2D eigenvalue weighted by Gasteiger charge is -2.11. The van der Waals surface area contributed by atoms with E-state index in [2.05, 4.69) is 14.7 Å². The third kappa shape index (κ3) is 4.23. The standard InChI is InChI=1S/C23H19F2N3O3/c1-14-11-19(15(2)28(14)16-7-9-17(10-8-16)31-23(24)25)21(29)12-30-22-18-5-3-4-6-20(18)26-13-27-22/h3-11,13,23H,12H2,1-2H3. The van der Waals surface area contributed by atoms with Gasteiger partial charge in [0, 0.05) is 22.6 Å². The van der Waals surface area contributed by atoms with Crippen molar-refractivity contribution in [3.63, 3.8) is 0 Å². The summed E-state index contributed by atoms with van der Waals surface area (Å²) in [6.07, 6.45) is 1.40. The number of fused-ring (bicyclic) bond motifs is 1. The third-order valence-corrected chi connectivity index (χ3v) is 4.90. The van der Waals surface area contributed by atoms with Gasteiger partial charge >= 0.3 is 6.61 Å². The first-order chi connectivity index (χ1) is 14.9. The Morgan fingerprint density at radius 2 is 1.81 bits per heavy atom. The molecule has 31 heavy (non-hydrogen) atoms. The second-order valence-electron chi connectivity index (χ2n) is 6.90. The molecule has 0 bridgehead atoms.